The minimum atomic E-state index is -0.515. The molecule has 1 aliphatic heterocycles. The van der Waals surface area contributed by atoms with Gasteiger partial charge in [0.15, 0.2) is 11.5 Å². The van der Waals surface area contributed by atoms with Gasteiger partial charge in [0, 0.05) is 5.56 Å². The first kappa shape index (κ1) is 18.8. The predicted molar refractivity (Wildman–Crippen MR) is 99.1 cm³/mol. The predicted octanol–water partition coefficient (Wildman–Crippen LogP) is 3.79. The number of benzene rings is 2. The van der Waals surface area contributed by atoms with Gasteiger partial charge in [0.25, 0.3) is 11.1 Å². The van der Waals surface area contributed by atoms with Gasteiger partial charge in [-0.05, 0) is 41.6 Å². The molecule has 0 radical (unpaired) electrons. The van der Waals surface area contributed by atoms with Crippen molar-refractivity contribution < 1.29 is 28.6 Å². The molecule has 0 spiro atoms. The van der Waals surface area contributed by atoms with E-state index in [0.29, 0.717) is 5.56 Å². The summed E-state index contributed by atoms with van der Waals surface area (Å²) in [4.78, 5) is 26.0. The van der Waals surface area contributed by atoms with Crippen LogP contribution in [0.25, 0.3) is 6.08 Å². The third-order valence-electron chi connectivity index (χ3n) is 3.96. The molecule has 8 heteroatoms. The number of rotatable bonds is 5. The number of methoxy groups -OCH3 is 2. The lowest BCUT2D eigenvalue weighted by molar-refractivity contribution is -0.123. The third-order valence-corrected chi connectivity index (χ3v) is 4.87. The minimum absolute atomic E-state index is 0.142. The fourth-order valence-corrected chi connectivity index (χ4v) is 3.42. The van der Waals surface area contributed by atoms with E-state index in [0.717, 1.165) is 16.7 Å². The van der Waals surface area contributed by atoms with Crippen molar-refractivity contribution in [3.8, 4) is 17.2 Å². The molecule has 0 aliphatic carbocycles. The number of hydrogen-bond acceptors (Lipinski definition) is 6. The van der Waals surface area contributed by atoms with Crippen LogP contribution in [0.1, 0.15) is 11.1 Å². The Bertz CT molecular complexity index is 918. The summed E-state index contributed by atoms with van der Waals surface area (Å²) >= 11 is 0.765. The number of thioether (sulfide) groups is 1. The van der Waals surface area contributed by atoms with Crippen molar-refractivity contribution in [3.63, 3.8) is 0 Å². The molecule has 0 unspecified atom stereocenters. The Morgan fingerprint density at radius 2 is 1.78 bits per heavy atom. The van der Waals surface area contributed by atoms with Crippen LogP contribution in [0.4, 0.5) is 9.18 Å². The molecule has 0 aromatic heterocycles. The Kier molecular flexibility index (Phi) is 5.36. The van der Waals surface area contributed by atoms with E-state index < -0.39 is 17.0 Å². The van der Waals surface area contributed by atoms with E-state index in [1.807, 2.05) is 0 Å². The van der Waals surface area contributed by atoms with Gasteiger partial charge in [-0.3, -0.25) is 14.5 Å². The zero-order valence-electron chi connectivity index (χ0n) is 14.6. The van der Waals surface area contributed by atoms with Gasteiger partial charge >= 0.3 is 0 Å². The number of ether oxygens (including phenoxy) is 2. The van der Waals surface area contributed by atoms with Gasteiger partial charge in [0.2, 0.25) is 5.75 Å². The van der Waals surface area contributed by atoms with Crippen LogP contribution in [0.5, 0.6) is 17.2 Å². The standard InChI is InChI=1S/C19H16FNO5S/c1-25-14-7-11(8-15(26-2)17(14)22)9-16-18(23)21(19(24)27-16)10-12-5-3-4-6-13(12)20/h3-9,22H,10H2,1-2H3/b16-9+. The number of aromatic hydroxyl groups is 1. The molecule has 3 rings (SSSR count). The third kappa shape index (κ3) is 3.75. The summed E-state index contributed by atoms with van der Waals surface area (Å²) in [6, 6.07) is 9.02. The van der Waals surface area contributed by atoms with E-state index >= 15 is 0 Å². The van der Waals surface area contributed by atoms with Crippen LogP contribution >= 0.6 is 11.8 Å². The van der Waals surface area contributed by atoms with Gasteiger partial charge < -0.3 is 14.6 Å². The monoisotopic (exact) mass is 389 g/mol. The molecule has 1 N–H and O–H groups in total. The van der Waals surface area contributed by atoms with Crippen molar-refractivity contribution in [3.05, 3.63) is 58.2 Å². The summed E-state index contributed by atoms with van der Waals surface area (Å²) in [6.45, 7) is -0.142. The maximum Gasteiger partial charge on any atom is 0.293 e. The molecule has 6 nitrogen and oxygen atoms in total. The smallest absolute Gasteiger partial charge is 0.293 e. The molecule has 2 aromatic rings. The topological polar surface area (TPSA) is 76.1 Å². The van der Waals surface area contributed by atoms with Crippen LogP contribution in [0.2, 0.25) is 0 Å². The van der Waals surface area contributed by atoms with Crippen LogP contribution < -0.4 is 9.47 Å². The number of carbonyl (C=O) groups is 2. The van der Waals surface area contributed by atoms with Crippen LogP contribution in [-0.2, 0) is 11.3 Å². The van der Waals surface area contributed by atoms with Gasteiger partial charge in [0.05, 0.1) is 25.7 Å². The molecule has 27 heavy (non-hydrogen) atoms. The number of amides is 2. The summed E-state index contributed by atoms with van der Waals surface area (Å²) in [5.41, 5.74) is 0.770. The van der Waals surface area contributed by atoms with Crippen molar-refractivity contribution in [2.75, 3.05) is 14.2 Å². The second-order valence-electron chi connectivity index (χ2n) is 5.63. The molecule has 2 aromatic carbocycles. The lowest BCUT2D eigenvalue weighted by Crippen LogP contribution is -2.27. The fraction of sp³-hybridized carbons (Fsp3) is 0.158. The van der Waals surface area contributed by atoms with E-state index in [2.05, 4.69) is 0 Å². The maximum atomic E-state index is 13.8. The minimum Gasteiger partial charge on any atom is -0.502 e. The van der Waals surface area contributed by atoms with Crippen molar-refractivity contribution >= 4 is 29.0 Å². The Hall–Kier alpha value is -3.00. The summed E-state index contributed by atoms with van der Waals surface area (Å²) in [5.74, 6) is -0.810. The Morgan fingerprint density at radius 3 is 2.37 bits per heavy atom. The summed E-state index contributed by atoms with van der Waals surface area (Å²) in [5, 5.41) is 9.48. The van der Waals surface area contributed by atoms with E-state index in [4.69, 9.17) is 9.47 Å². The zero-order chi connectivity index (χ0) is 19.6. The number of nitrogens with zero attached hydrogens (tertiary/aromatic N) is 1. The van der Waals surface area contributed by atoms with Crippen LogP contribution in [0.15, 0.2) is 41.3 Å². The average Bonchev–Trinajstić information content (AvgIpc) is 2.92. The normalized spacial score (nSPS) is 15.5. The number of hydrogen-bond donors (Lipinski definition) is 1. The van der Waals surface area contributed by atoms with Crippen molar-refractivity contribution in [1.29, 1.82) is 0 Å². The van der Waals surface area contributed by atoms with Gasteiger partial charge in [-0.25, -0.2) is 4.39 Å². The van der Waals surface area contributed by atoms with Crippen molar-refractivity contribution in [1.82, 2.24) is 4.90 Å². The number of halogens is 1. The number of carbonyl (C=O) groups excluding carboxylic acids is 2. The second-order valence-corrected chi connectivity index (χ2v) is 6.63. The van der Waals surface area contributed by atoms with Gasteiger partial charge in [-0.2, -0.15) is 0 Å². The molecule has 1 aliphatic rings. The van der Waals surface area contributed by atoms with E-state index in [1.165, 1.54) is 50.6 Å². The van der Waals surface area contributed by atoms with E-state index in [-0.39, 0.29) is 34.3 Å². The Labute approximate surface area is 159 Å². The number of imide groups is 1. The Morgan fingerprint density at radius 1 is 1.15 bits per heavy atom. The Balaban J connectivity index is 1.89. The highest BCUT2D eigenvalue weighted by Crippen LogP contribution is 2.39. The first-order chi connectivity index (χ1) is 12.9. The largest absolute Gasteiger partial charge is 0.502 e. The lowest BCUT2D eigenvalue weighted by atomic mass is 10.1. The molecule has 1 saturated heterocycles. The van der Waals surface area contributed by atoms with Gasteiger partial charge in [0.1, 0.15) is 5.82 Å². The molecular formula is C19H16FNO5S. The zero-order valence-corrected chi connectivity index (χ0v) is 15.4. The molecule has 0 bridgehead atoms. The molecule has 0 atom stereocenters. The molecule has 2 amide bonds. The van der Waals surface area contributed by atoms with Gasteiger partial charge in [-0.15, -0.1) is 0 Å². The maximum absolute atomic E-state index is 13.8. The molecular weight excluding hydrogens is 373 g/mol. The van der Waals surface area contributed by atoms with Gasteiger partial charge in [-0.1, -0.05) is 18.2 Å². The molecule has 1 fully saturated rings. The SMILES string of the molecule is COc1cc(/C=C2/SC(=O)N(Cc3ccccc3F)C2=O)cc(OC)c1O. The van der Waals surface area contributed by atoms with Crippen LogP contribution in [-0.4, -0.2) is 35.4 Å². The number of phenols is 1. The summed E-state index contributed by atoms with van der Waals surface area (Å²) in [7, 11) is 2.78. The van der Waals surface area contributed by atoms with E-state index in [1.54, 1.807) is 6.07 Å². The number of phenolic OH excluding ortho intramolecular Hbond substituents is 1. The highest BCUT2D eigenvalue weighted by atomic mass is 32.2. The quantitative estimate of drug-likeness (QED) is 0.785. The average molecular weight is 389 g/mol. The first-order valence-electron chi connectivity index (χ1n) is 7.88. The summed E-state index contributed by atoms with van der Waals surface area (Å²) in [6.07, 6.45) is 1.50. The summed E-state index contributed by atoms with van der Waals surface area (Å²) < 4.78 is 24.0. The highest BCUT2D eigenvalue weighted by molar-refractivity contribution is 8.18. The fourth-order valence-electron chi connectivity index (χ4n) is 2.58. The second kappa shape index (κ2) is 7.71. The molecule has 140 valence electrons. The highest BCUT2D eigenvalue weighted by Gasteiger charge is 2.35. The molecule has 0 saturated carbocycles. The van der Waals surface area contributed by atoms with E-state index in [9.17, 15) is 19.1 Å². The lowest BCUT2D eigenvalue weighted by Gasteiger charge is -2.13. The van der Waals surface area contributed by atoms with Crippen molar-refractivity contribution in [2.24, 2.45) is 0 Å². The van der Waals surface area contributed by atoms with Crippen LogP contribution in [0, 0.1) is 5.82 Å². The van der Waals surface area contributed by atoms with Crippen LogP contribution in [0.3, 0.4) is 0 Å². The molecule has 1 heterocycles. The first-order valence-corrected chi connectivity index (χ1v) is 8.70. The van der Waals surface area contributed by atoms with Crippen molar-refractivity contribution in [2.45, 2.75) is 6.54 Å².